The molecule has 1 aliphatic heterocycles. The Morgan fingerprint density at radius 1 is 1.53 bits per heavy atom. The van der Waals surface area contributed by atoms with Gasteiger partial charge in [0.15, 0.2) is 0 Å². The van der Waals surface area contributed by atoms with Gasteiger partial charge in [-0.3, -0.25) is 4.79 Å². The monoisotopic (exact) mass is 250 g/mol. The van der Waals surface area contributed by atoms with E-state index in [0.717, 1.165) is 11.3 Å². The van der Waals surface area contributed by atoms with E-state index in [1.165, 1.54) is 10.5 Å². The number of rotatable bonds is 3. The Bertz CT molecular complexity index is 452. The van der Waals surface area contributed by atoms with Crippen LogP contribution in [0, 0.1) is 5.41 Å². The largest absolute Gasteiger partial charge is 0.481 e. The molecule has 0 saturated heterocycles. The van der Waals surface area contributed by atoms with E-state index in [2.05, 4.69) is 25.1 Å². The van der Waals surface area contributed by atoms with Crippen LogP contribution in [0.1, 0.15) is 37.8 Å². The summed E-state index contributed by atoms with van der Waals surface area (Å²) in [4.78, 5) is 12.5. The van der Waals surface area contributed by atoms with Crippen LogP contribution in [0.15, 0.2) is 23.1 Å². The van der Waals surface area contributed by atoms with Crippen molar-refractivity contribution in [2.45, 2.75) is 38.0 Å². The summed E-state index contributed by atoms with van der Waals surface area (Å²) in [6.45, 7) is 5.78. The van der Waals surface area contributed by atoms with Crippen LogP contribution < -0.4 is 0 Å². The highest BCUT2D eigenvalue weighted by Crippen LogP contribution is 2.40. The van der Waals surface area contributed by atoms with Gasteiger partial charge in [0, 0.05) is 10.6 Å². The minimum absolute atomic E-state index is 0.586. The highest BCUT2D eigenvalue weighted by atomic mass is 32.2. The summed E-state index contributed by atoms with van der Waals surface area (Å²) in [6.07, 6.45) is 0.590. The fourth-order valence-corrected chi connectivity index (χ4v) is 3.32. The van der Waals surface area contributed by atoms with Crippen molar-refractivity contribution in [1.29, 1.82) is 0 Å². The van der Waals surface area contributed by atoms with Gasteiger partial charge in [-0.1, -0.05) is 19.1 Å². The highest BCUT2D eigenvalue weighted by Gasteiger charge is 2.28. The third kappa shape index (κ3) is 2.49. The van der Waals surface area contributed by atoms with E-state index in [1.807, 2.05) is 11.8 Å². The lowest BCUT2D eigenvalue weighted by molar-refractivity contribution is -0.146. The number of hydrogen-bond acceptors (Lipinski definition) is 2. The minimum atomic E-state index is -0.736. The number of benzene rings is 1. The second kappa shape index (κ2) is 4.37. The molecule has 0 aliphatic carbocycles. The lowest BCUT2D eigenvalue weighted by Crippen LogP contribution is -2.26. The van der Waals surface area contributed by atoms with Crippen LogP contribution in [0.2, 0.25) is 0 Å². The van der Waals surface area contributed by atoms with Gasteiger partial charge in [0.2, 0.25) is 0 Å². The summed E-state index contributed by atoms with van der Waals surface area (Å²) >= 11 is 1.89. The third-order valence-electron chi connectivity index (χ3n) is 3.32. The molecule has 0 saturated carbocycles. The first-order chi connectivity index (χ1) is 7.90. The van der Waals surface area contributed by atoms with Crippen molar-refractivity contribution in [2.24, 2.45) is 5.41 Å². The Labute approximate surface area is 106 Å². The summed E-state index contributed by atoms with van der Waals surface area (Å²) in [5.74, 6) is 0.990. The van der Waals surface area contributed by atoms with Crippen LogP contribution in [0.25, 0.3) is 0 Å². The summed E-state index contributed by atoms with van der Waals surface area (Å²) in [5, 5.41) is 9.14. The molecule has 1 heterocycles. The SMILES string of the molecule is CC1CSc2ccc(CC(C)(C)C(=O)O)cc21. The molecule has 2 nitrogen and oxygen atoms in total. The Kier molecular flexibility index (Phi) is 3.21. The number of thioether (sulfide) groups is 1. The number of hydrogen-bond donors (Lipinski definition) is 1. The second-order valence-corrected chi connectivity index (χ2v) is 6.51. The molecule has 0 fully saturated rings. The normalized spacial score (nSPS) is 19.1. The maximum absolute atomic E-state index is 11.1. The van der Waals surface area contributed by atoms with Crippen LogP contribution in [0.4, 0.5) is 0 Å². The van der Waals surface area contributed by atoms with Crippen molar-refractivity contribution >= 4 is 17.7 Å². The van der Waals surface area contributed by atoms with Crippen LogP contribution in [0.5, 0.6) is 0 Å². The Hall–Kier alpha value is -0.960. The van der Waals surface area contributed by atoms with Gasteiger partial charge in [0.1, 0.15) is 0 Å². The van der Waals surface area contributed by atoms with Gasteiger partial charge in [-0.25, -0.2) is 0 Å². The molecule has 0 radical (unpaired) electrons. The zero-order chi connectivity index (χ0) is 12.6. The number of fused-ring (bicyclic) bond motifs is 1. The fraction of sp³-hybridized carbons (Fsp3) is 0.500. The van der Waals surface area contributed by atoms with Gasteiger partial charge in [-0.15, -0.1) is 11.8 Å². The van der Waals surface area contributed by atoms with Crippen LogP contribution in [-0.2, 0) is 11.2 Å². The topological polar surface area (TPSA) is 37.3 Å². The Morgan fingerprint density at radius 3 is 2.88 bits per heavy atom. The molecule has 0 amide bonds. The first-order valence-electron chi connectivity index (χ1n) is 5.89. The number of carboxylic acid groups (broad SMARTS) is 1. The van der Waals surface area contributed by atoms with Crippen LogP contribution in [0.3, 0.4) is 0 Å². The summed E-state index contributed by atoms with van der Waals surface area (Å²) < 4.78 is 0. The van der Waals surface area contributed by atoms with E-state index in [-0.39, 0.29) is 0 Å². The fourth-order valence-electron chi connectivity index (χ4n) is 2.11. The maximum atomic E-state index is 11.1. The van der Waals surface area contributed by atoms with E-state index in [9.17, 15) is 4.79 Å². The zero-order valence-corrected chi connectivity index (χ0v) is 11.3. The van der Waals surface area contributed by atoms with Gasteiger partial charge < -0.3 is 5.11 Å². The molecular formula is C14H18O2S. The first kappa shape index (κ1) is 12.5. The van der Waals surface area contributed by atoms with Crippen LogP contribution >= 0.6 is 11.8 Å². The molecule has 0 bridgehead atoms. The molecule has 1 aromatic carbocycles. The molecule has 1 N–H and O–H groups in total. The predicted octanol–water partition coefficient (Wildman–Crippen LogP) is 3.55. The number of carbonyl (C=O) groups is 1. The summed E-state index contributed by atoms with van der Waals surface area (Å²) in [7, 11) is 0. The van der Waals surface area contributed by atoms with Gasteiger partial charge in [0.05, 0.1) is 5.41 Å². The van der Waals surface area contributed by atoms with Crippen LogP contribution in [-0.4, -0.2) is 16.8 Å². The highest BCUT2D eigenvalue weighted by molar-refractivity contribution is 7.99. The van der Waals surface area contributed by atoms with E-state index >= 15 is 0 Å². The maximum Gasteiger partial charge on any atom is 0.309 e. The van der Waals surface area contributed by atoms with Gasteiger partial charge >= 0.3 is 5.97 Å². The number of carboxylic acids is 1. The van der Waals surface area contributed by atoms with Gasteiger partial charge in [-0.05, 0) is 43.4 Å². The molecule has 3 heteroatoms. The quantitative estimate of drug-likeness (QED) is 0.891. The van der Waals surface area contributed by atoms with E-state index in [4.69, 9.17) is 5.11 Å². The van der Waals surface area contributed by atoms with Crippen molar-refractivity contribution in [3.63, 3.8) is 0 Å². The summed E-state index contributed by atoms with van der Waals surface area (Å²) in [6, 6.07) is 6.38. The molecular weight excluding hydrogens is 232 g/mol. The molecule has 1 unspecified atom stereocenters. The number of aliphatic carboxylic acids is 1. The zero-order valence-electron chi connectivity index (χ0n) is 10.5. The third-order valence-corrected chi connectivity index (χ3v) is 4.67. The Morgan fingerprint density at radius 2 is 2.24 bits per heavy atom. The average molecular weight is 250 g/mol. The van der Waals surface area contributed by atoms with Crippen molar-refractivity contribution in [3.8, 4) is 0 Å². The summed E-state index contributed by atoms with van der Waals surface area (Å²) in [5.41, 5.74) is 1.82. The lowest BCUT2D eigenvalue weighted by atomic mass is 9.85. The first-order valence-corrected chi connectivity index (χ1v) is 6.88. The molecule has 17 heavy (non-hydrogen) atoms. The van der Waals surface area contributed by atoms with Gasteiger partial charge in [-0.2, -0.15) is 0 Å². The standard InChI is InChI=1S/C14H18O2S/c1-9-8-17-12-5-4-10(6-11(9)12)7-14(2,3)13(15)16/h4-6,9H,7-8H2,1-3H3,(H,15,16). The lowest BCUT2D eigenvalue weighted by Gasteiger charge is -2.19. The van der Waals surface area contributed by atoms with Crippen molar-refractivity contribution in [1.82, 2.24) is 0 Å². The molecule has 1 aliphatic rings. The van der Waals surface area contributed by atoms with Crippen molar-refractivity contribution in [2.75, 3.05) is 5.75 Å². The molecule has 1 atom stereocenters. The van der Waals surface area contributed by atoms with E-state index < -0.39 is 11.4 Å². The molecule has 0 aromatic heterocycles. The smallest absolute Gasteiger partial charge is 0.309 e. The Balaban J connectivity index is 2.24. The van der Waals surface area contributed by atoms with Gasteiger partial charge in [0.25, 0.3) is 0 Å². The van der Waals surface area contributed by atoms with E-state index in [1.54, 1.807) is 13.8 Å². The van der Waals surface area contributed by atoms with E-state index in [0.29, 0.717) is 12.3 Å². The predicted molar refractivity (Wildman–Crippen MR) is 70.7 cm³/mol. The molecule has 92 valence electrons. The molecule has 2 rings (SSSR count). The molecule has 0 spiro atoms. The molecule has 1 aromatic rings. The second-order valence-electron chi connectivity index (χ2n) is 5.45. The van der Waals surface area contributed by atoms with Crippen molar-refractivity contribution in [3.05, 3.63) is 29.3 Å². The average Bonchev–Trinajstić information content (AvgIpc) is 2.60. The minimum Gasteiger partial charge on any atom is -0.481 e. The van der Waals surface area contributed by atoms with Crippen molar-refractivity contribution < 1.29 is 9.90 Å².